The van der Waals surface area contributed by atoms with Crippen LogP contribution in [0, 0.1) is 17.1 Å². The SMILES string of the molecule is CN(C)CCC(CSc1ccc(F)cc1)Nc1c(Cl)cc(S(=O)(=O)NC(=O)C2CCCCO2)cc1C#N. The Labute approximate surface area is 226 Å². The van der Waals surface area contributed by atoms with Gasteiger partial charge in [0.1, 0.15) is 18.0 Å². The van der Waals surface area contributed by atoms with Crippen molar-refractivity contribution in [3.63, 3.8) is 0 Å². The number of nitrogens with zero attached hydrogens (tertiary/aromatic N) is 2. The van der Waals surface area contributed by atoms with E-state index in [0.717, 1.165) is 24.3 Å². The van der Waals surface area contributed by atoms with E-state index in [9.17, 15) is 22.9 Å². The number of rotatable bonds is 11. The fourth-order valence-electron chi connectivity index (χ4n) is 3.72. The number of amides is 1. The van der Waals surface area contributed by atoms with Crippen molar-refractivity contribution in [1.82, 2.24) is 9.62 Å². The van der Waals surface area contributed by atoms with Gasteiger partial charge in [-0.3, -0.25) is 4.79 Å². The molecule has 2 unspecified atom stereocenters. The van der Waals surface area contributed by atoms with Crippen molar-refractivity contribution < 1.29 is 22.3 Å². The zero-order chi connectivity index (χ0) is 27.0. The summed E-state index contributed by atoms with van der Waals surface area (Å²) in [7, 11) is -0.368. The lowest BCUT2D eigenvalue weighted by atomic mass is 10.1. The van der Waals surface area contributed by atoms with Crippen molar-refractivity contribution in [2.75, 3.05) is 38.3 Å². The molecule has 1 aliphatic heterocycles. The van der Waals surface area contributed by atoms with Gasteiger partial charge in [-0.1, -0.05) is 11.6 Å². The van der Waals surface area contributed by atoms with E-state index in [1.54, 1.807) is 12.1 Å². The third-order valence-electron chi connectivity index (χ3n) is 5.74. The highest BCUT2D eigenvalue weighted by Crippen LogP contribution is 2.32. The fourth-order valence-corrected chi connectivity index (χ4v) is 6.09. The van der Waals surface area contributed by atoms with Gasteiger partial charge in [0.2, 0.25) is 0 Å². The first-order valence-electron chi connectivity index (χ1n) is 11.8. The van der Waals surface area contributed by atoms with Crippen molar-refractivity contribution >= 4 is 45.0 Å². The number of hydrogen-bond acceptors (Lipinski definition) is 8. The molecule has 2 aromatic rings. The summed E-state index contributed by atoms with van der Waals surface area (Å²) in [6, 6.07) is 10.5. The summed E-state index contributed by atoms with van der Waals surface area (Å²) < 4.78 is 46.4. The molecule has 0 aliphatic carbocycles. The Morgan fingerprint density at radius 3 is 2.65 bits per heavy atom. The second-order valence-electron chi connectivity index (χ2n) is 8.96. The van der Waals surface area contributed by atoms with E-state index in [2.05, 4.69) is 5.32 Å². The van der Waals surface area contributed by atoms with Gasteiger partial charge < -0.3 is 15.0 Å². The highest BCUT2D eigenvalue weighted by molar-refractivity contribution is 7.99. The molecule has 0 aromatic heterocycles. The molecule has 3 rings (SSSR count). The van der Waals surface area contributed by atoms with Crippen molar-refractivity contribution in [2.45, 2.75) is 47.6 Å². The zero-order valence-corrected chi connectivity index (χ0v) is 23.1. The Hall–Kier alpha value is -2.36. The van der Waals surface area contributed by atoms with E-state index in [-0.39, 0.29) is 27.3 Å². The number of carbonyl (C=O) groups excluding carboxylic acids is 1. The first kappa shape index (κ1) is 29.2. The second kappa shape index (κ2) is 13.4. The minimum atomic E-state index is -4.26. The Balaban J connectivity index is 1.79. The van der Waals surface area contributed by atoms with Gasteiger partial charge in [0.25, 0.3) is 15.9 Å². The predicted octanol–water partition coefficient (Wildman–Crippen LogP) is 4.25. The predicted molar refractivity (Wildman–Crippen MR) is 143 cm³/mol. The van der Waals surface area contributed by atoms with Crippen LogP contribution in [0.5, 0.6) is 0 Å². The van der Waals surface area contributed by atoms with Crippen LogP contribution >= 0.6 is 23.4 Å². The lowest BCUT2D eigenvalue weighted by molar-refractivity contribution is -0.133. The average Bonchev–Trinajstić information content (AvgIpc) is 2.87. The first-order valence-corrected chi connectivity index (χ1v) is 14.6. The van der Waals surface area contributed by atoms with Gasteiger partial charge in [-0.15, -0.1) is 11.8 Å². The number of sulfonamides is 1. The highest BCUT2D eigenvalue weighted by Gasteiger charge is 2.28. The van der Waals surface area contributed by atoms with Gasteiger partial charge in [0, 0.05) is 23.3 Å². The van der Waals surface area contributed by atoms with Crippen molar-refractivity contribution in [2.24, 2.45) is 0 Å². The van der Waals surface area contributed by atoms with Crippen molar-refractivity contribution in [3.8, 4) is 6.07 Å². The van der Waals surface area contributed by atoms with Gasteiger partial charge in [-0.05, 0) is 82.7 Å². The summed E-state index contributed by atoms with van der Waals surface area (Å²) in [6.45, 7) is 1.15. The molecule has 2 aromatic carbocycles. The minimum Gasteiger partial charge on any atom is -0.379 e. The van der Waals surface area contributed by atoms with Crippen LogP contribution in [0.3, 0.4) is 0 Å². The van der Waals surface area contributed by atoms with E-state index < -0.39 is 22.0 Å². The van der Waals surface area contributed by atoms with Crippen molar-refractivity contribution in [1.29, 1.82) is 5.26 Å². The van der Waals surface area contributed by atoms with Gasteiger partial charge in [0.05, 0.1) is 21.2 Å². The Bertz CT molecular complexity index is 1230. The number of ether oxygens (including phenoxy) is 1. The molecule has 1 fully saturated rings. The molecule has 1 saturated heterocycles. The molecule has 1 aliphatic rings. The molecule has 0 radical (unpaired) electrons. The van der Waals surface area contributed by atoms with Gasteiger partial charge in [-0.2, -0.15) is 5.26 Å². The zero-order valence-electron chi connectivity index (χ0n) is 20.7. The van der Waals surface area contributed by atoms with Crippen molar-refractivity contribution in [3.05, 3.63) is 52.8 Å². The van der Waals surface area contributed by atoms with Crippen LogP contribution < -0.4 is 10.0 Å². The van der Waals surface area contributed by atoms with Crippen LogP contribution in [0.25, 0.3) is 0 Å². The maximum atomic E-state index is 13.2. The topological polar surface area (TPSA) is 112 Å². The Morgan fingerprint density at radius 1 is 1.30 bits per heavy atom. The molecule has 0 spiro atoms. The molecular weight excluding hydrogens is 539 g/mol. The van der Waals surface area contributed by atoms with E-state index in [1.165, 1.54) is 36.0 Å². The van der Waals surface area contributed by atoms with Crippen LogP contribution in [0.2, 0.25) is 5.02 Å². The van der Waals surface area contributed by atoms with E-state index in [1.807, 2.05) is 29.8 Å². The normalized spacial score (nSPS) is 16.7. The van der Waals surface area contributed by atoms with E-state index in [0.29, 0.717) is 30.9 Å². The second-order valence-corrected chi connectivity index (χ2v) is 12.1. The number of nitrogens with one attached hydrogen (secondary N) is 2. The number of thioether (sulfide) groups is 1. The summed E-state index contributed by atoms with van der Waals surface area (Å²) in [5.41, 5.74) is 0.351. The molecule has 12 heteroatoms. The highest BCUT2D eigenvalue weighted by atomic mass is 35.5. The van der Waals surface area contributed by atoms with Crippen LogP contribution in [-0.2, 0) is 19.6 Å². The molecule has 1 amide bonds. The van der Waals surface area contributed by atoms with Crippen LogP contribution in [0.4, 0.5) is 10.1 Å². The van der Waals surface area contributed by atoms with Gasteiger partial charge >= 0.3 is 0 Å². The first-order chi connectivity index (χ1) is 17.6. The number of hydrogen-bond donors (Lipinski definition) is 2. The fraction of sp³-hybridized carbons (Fsp3) is 0.440. The molecule has 0 bridgehead atoms. The largest absolute Gasteiger partial charge is 0.379 e. The molecule has 37 heavy (non-hydrogen) atoms. The molecule has 8 nitrogen and oxygen atoms in total. The number of halogens is 2. The maximum absolute atomic E-state index is 13.2. The number of benzene rings is 2. The molecule has 0 saturated carbocycles. The van der Waals surface area contributed by atoms with E-state index >= 15 is 0 Å². The molecule has 2 atom stereocenters. The molecule has 2 N–H and O–H groups in total. The smallest absolute Gasteiger partial charge is 0.264 e. The van der Waals surface area contributed by atoms with Crippen LogP contribution in [0.15, 0.2) is 46.2 Å². The maximum Gasteiger partial charge on any atom is 0.264 e. The molecule has 1 heterocycles. The Morgan fingerprint density at radius 2 is 2.03 bits per heavy atom. The standard InChI is InChI=1S/C25H30ClFN4O4S2/c1-31(2)11-10-19(16-36-20-8-6-18(27)7-9-20)29-24-17(15-28)13-21(14-22(24)26)37(33,34)30-25(32)23-5-3-4-12-35-23/h6-9,13-14,19,23,29H,3-5,10-12,16H2,1-2H3,(H,30,32). The summed E-state index contributed by atoms with van der Waals surface area (Å²) in [4.78, 5) is 15.1. The summed E-state index contributed by atoms with van der Waals surface area (Å²) >= 11 is 8.00. The number of nitriles is 1. The third-order valence-corrected chi connectivity index (χ3v) is 8.54. The lowest BCUT2D eigenvalue weighted by Crippen LogP contribution is -2.41. The minimum absolute atomic E-state index is 0.0378. The van der Waals surface area contributed by atoms with Gasteiger partial charge in [0.15, 0.2) is 0 Å². The summed E-state index contributed by atoms with van der Waals surface area (Å²) in [5.74, 6) is -0.453. The summed E-state index contributed by atoms with van der Waals surface area (Å²) in [6.07, 6.45) is 1.92. The quantitative estimate of drug-likeness (QED) is 0.387. The lowest BCUT2D eigenvalue weighted by Gasteiger charge is -2.24. The average molecular weight is 569 g/mol. The monoisotopic (exact) mass is 568 g/mol. The summed E-state index contributed by atoms with van der Waals surface area (Å²) in [5, 5.41) is 13.1. The van der Waals surface area contributed by atoms with Crippen LogP contribution in [-0.4, -0.2) is 64.4 Å². The molecular formula is C25H30ClFN4O4S2. The van der Waals surface area contributed by atoms with Crippen LogP contribution in [0.1, 0.15) is 31.2 Å². The number of carbonyl (C=O) groups is 1. The van der Waals surface area contributed by atoms with E-state index in [4.69, 9.17) is 16.3 Å². The Kier molecular flexibility index (Phi) is 10.6. The third kappa shape index (κ3) is 8.58. The van der Waals surface area contributed by atoms with Gasteiger partial charge in [-0.25, -0.2) is 17.5 Å². The molecule has 200 valence electrons. The number of anilines is 1.